The summed E-state index contributed by atoms with van der Waals surface area (Å²) in [7, 11) is 0. The van der Waals surface area contributed by atoms with E-state index >= 15 is 0 Å². The molecule has 56 valence electrons. The lowest BCUT2D eigenvalue weighted by Gasteiger charge is -1.76. The van der Waals surface area contributed by atoms with E-state index in [9.17, 15) is 0 Å². The zero-order valence-electron chi connectivity index (χ0n) is 5.18. The maximum atomic E-state index is 3.64. The molecular formula is C6H8Cl2N2. The monoisotopic (exact) mass is 178 g/mol. The fraction of sp³-hybridized carbons (Fsp3) is 0. The van der Waals surface area contributed by atoms with E-state index in [-0.39, 0.29) is 24.8 Å². The van der Waals surface area contributed by atoms with Crippen molar-refractivity contribution >= 4 is 24.8 Å². The fourth-order valence-electron chi connectivity index (χ4n) is 0.382. The van der Waals surface area contributed by atoms with Crippen LogP contribution in [0.1, 0.15) is 0 Å². The highest BCUT2D eigenvalue weighted by Gasteiger charge is 1.66. The Morgan fingerprint density at radius 2 is 1.00 bits per heavy atom. The number of azo groups is 1. The minimum atomic E-state index is 0. The highest BCUT2D eigenvalue weighted by Crippen LogP contribution is 1.87. The SMILES string of the molecule is C1=CC=CN=NC=C1.Cl.Cl. The summed E-state index contributed by atoms with van der Waals surface area (Å²) in [5.41, 5.74) is 0. The van der Waals surface area contributed by atoms with Crippen LogP contribution in [0.5, 0.6) is 0 Å². The summed E-state index contributed by atoms with van der Waals surface area (Å²) in [4.78, 5) is 0. The first kappa shape index (κ1) is 12.1. The Balaban J connectivity index is 0. The minimum absolute atomic E-state index is 0. The minimum Gasteiger partial charge on any atom is -0.159 e. The van der Waals surface area contributed by atoms with Gasteiger partial charge < -0.3 is 0 Å². The van der Waals surface area contributed by atoms with Crippen LogP contribution < -0.4 is 0 Å². The maximum Gasteiger partial charge on any atom is 0.0495 e. The average molecular weight is 179 g/mol. The second-order valence-corrected chi connectivity index (χ2v) is 1.30. The Kier molecular flexibility index (Phi) is 10.2. The molecule has 0 saturated carbocycles. The number of rotatable bonds is 0. The topological polar surface area (TPSA) is 24.7 Å². The van der Waals surface area contributed by atoms with Crippen molar-refractivity contribution in [3.05, 3.63) is 36.7 Å². The van der Waals surface area contributed by atoms with Crippen LogP contribution in [0.2, 0.25) is 0 Å². The van der Waals surface area contributed by atoms with E-state index in [2.05, 4.69) is 10.2 Å². The van der Waals surface area contributed by atoms with Crippen molar-refractivity contribution < 1.29 is 0 Å². The van der Waals surface area contributed by atoms with Gasteiger partial charge in [-0.2, -0.15) is 10.2 Å². The Morgan fingerprint density at radius 3 is 1.40 bits per heavy atom. The molecule has 1 heterocycles. The molecule has 0 aliphatic carbocycles. The number of allylic oxidation sites excluding steroid dienone is 4. The molecule has 0 aromatic rings. The van der Waals surface area contributed by atoms with Crippen molar-refractivity contribution in [1.29, 1.82) is 0 Å². The van der Waals surface area contributed by atoms with Crippen molar-refractivity contribution in [2.24, 2.45) is 10.2 Å². The van der Waals surface area contributed by atoms with Crippen LogP contribution in [0.4, 0.5) is 0 Å². The quantitative estimate of drug-likeness (QED) is 0.546. The third-order valence-corrected chi connectivity index (χ3v) is 0.705. The Morgan fingerprint density at radius 1 is 0.600 bits per heavy atom. The number of halogens is 2. The van der Waals surface area contributed by atoms with Gasteiger partial charge in [0.1, 0.15) is 0 Å². The predicted molar refractivity (Wildman–Crippen MR) is 46.8 cm³/mol. The largest absolute Gasteiger partial charge is 0.159 e. The van der Waals surface area contributed by atoms with Crippen molar-refractivity contribution in [3.8, 4) is 0 Å². The van der Waals surface area contributed by atoms with E-state index < -0.39 is 0 Å². The molecule has 10 heavy (non-hydrogen) atoms. The molecule has 0 radical (unpaired) electrons. The first-order valence-corrected chi connectivity index (χ1v) is 2.38. The van der Waals surface area contributed by atoms with Crippen LogP contribution in [-0.2, 0) is 0 Å². The van der Waals surface area contributed by atoms with Gasteiger partial charge in [-0.15, -0.1) is 24.8 Å². The van der Waals surface area contributed by atoms with E-state index in [4.69, 9.17) is 0 Å². The molecule has 1 aliphatic heterocycles. The van der Waals surface area contributed by atoms with E-state index in [0.29, 0.717) is 0 Å². The summed E-state index contributed by atoms with van der Waals surface area (Å²) in [6.45, 7) is 0. The number of hydrogen-bond acceptors (Lipinski definition) is 2. The standard InChI is InChI=1S/C6H6N2.2ClH/c1-2-4-6-8-7-5-3-1;;/h1-6H;2*1H. The molecule has 4 heteroatoms. The van der Waals surface area contributed by atoms with Crippen molar-refractivity contribution in [2.75, 3.05) is 0 Å². The third-order valence-electron chi connectivity index (χ3n) is 0.705. The molecule has 0 unspecified atom stereocenters. The lowest BCUT2D eigenvalue weighted by atomic mass is 10.4. The van der Waals surface area contributed by atoms with E-state index in [1.807, 2.05) is 24.3 Å². The van der Waals surface area contributed by atoms with E-state index in [1.165, 1.54) is 0 Å². The zero-order valence-corrected chi connectivity index (χ0v) is 6.81. The van der Waals surface area contributed by atoms with Gasteiger partial charge in [0, 0.05) is 12.4 Å². The average Bonchev–Trinajstić information content (AvgIpc) is 1.62. The molecule has 1 aliphatic rings. The van der Waals surface area contributed by atoms with E-state index in [1.54, 1.807) is 12.4 Å². The zero-order chi connectivity index (χ0) is 5.66. The summed E-state index contributed by atoms with van der Waals surface area (Å²) in [6, 6.07) is 0. The van der Waals surface area contributed by atoms with E-state index in [0.717, 1.165) is 0 Å². The summed E-state index contributed by atoms with van der Waals surface area (Å²) < 4.78 is 0. The molecule has 0 aromatic carbocycles. The summed E-state index contributed by atoms with van der Waals surface area (Å²) in [6.07, 6.45) is 10.7. The van der Waals surface area contributed by atoms with Gasteiger partial charge in [-0.3, -0.25) is 0 Å². The summed E-state index contributed by atoms with van der Waals surface area (Å²) in [5, 5.41) is 7.27. The molecule has 1 rings (SSSR count). The molecule has 0 saturated heterocycles. The summed E-state index contributed by atoms with van der Waals surface area (Å²) in [5.74, 6) is 0. The van der Waals surface area contributed by atoms with Crippen LogP contribution >= 0.6 is 24.8 Å². The Labute approximate surface area is 72.2 Å². The second-order valence-electron chi connectivity index (χ2n) is 1.30. The molecular weight excluding hydrogens is 171 g/mol. The van der Waals surface area contributed by atoms with Gasteiger partial charge >= 0.3 is 0 Å². The summed E-state index contributed by atoms with van der Waals surface area (Å²) >= 11 is 0. The Bertz CT molecular complexity index is 115. The molecule has 0 bridgehead atoms. The molecule has 0 fully saturated rings. The van der Waals surface area contributed by atoms with Crippen LogP contribution in [-0.4, -0.2) is 0 Å². The van der Waals surface area contributed by atoms with Crippen molar-refractivity contribution in [2.45, 2.75) is 0 Å². The molecule has 2 nitrogen and oxygen atoms in total. The highest BCUT2D eigenvalue weighted by molar-refractivity contribution is 5.85. The molecule has 0 spiro atoms. The lowest BCUT2D eigenvalue weighted by molar-refractivity contribution is 1.22. The van der Waals surface area contributed by atoms with Gasteiger partial charge in [0.2, 0.25) is 0 Å². The maximum absolute atomic E-state index is 3.64. The lowest BCUT2D eigenvalue weighted by Crippen LogP contribution is -1.54. The van der Waals surface area contributed by atoms with Crippen molar-refractivity contribution in [3.63, 3.8) is 0 Å². The van der Waals surface area contributed by atoms with Crippen LogP contribution in [0, 0.1) is 0 Å². The Hall–Kier alpha value is -0.600. The molecule has 0 amide bonds. The van der Waals surface area contributed by atoms with Gasteiger partial charge in [0.25, 0.3) is 0 Å². The predicted octanol–water partition coefficient (Wildman–Crippen LogP) is 2.88. The van der Waals surface area contributed by atoms with Gasteiger partial charge in [-0.1, -0.05) is 12.2 Å². The molecule has 0 N–H and O–H groups in total. The molecule has 0 aromatic heterocycles. The van der Waals surface area contributed by atoms with Crippen molar-refractivity contribution in [1.82, 2.24) is 0 Å². The molecule has 0 atom stereocenters. The number of nitrogens with zero attached hydrogens (tertiary/aromatic N) is 2. The van der Waals surface area contributed by atoms with Gasteiger partial charge in [-0.25, -0.2) is 0 Å². The second kappa shape index (κ2) is 8.40. The smallest absolute Gasteiger partial charge is 0.0495 e. The normalized spacial score (nSPS) is 12.8. The van der Waals surface area contributed by atoms with Gasteiger partial charge in [0.05, 0.1) is 0 Å². The van der Waals surface area contributed by atoms with Gasteiger partial charge in [0.15, 0.2) is 0 Å². The van der Waals surface area contributed by atoms with Crippen LogP contribution in [0.25, 0.3) is 0 Å². The first-order chi connectivity index (χ1) is 4.00. The van der Waals surface area contributed by atoms with Crippen LogP contribution in [0.15, 0.2) is 46.9 Å². The van der Waals surface area contributed by atoms with Crippen LogP contribution in [0.3, 0.4) is 0 Å². The fourth-order valence-corrected chi connectivity index (χ4v) is 0.382. The third kappa shape index (κ3) is 5.54. The van der Waals surface area contributed by atoms with Gasteiger partial charge in [-0.05, 0) is 12.2 Å². The number of hydrogen-bond donors (Lipinski definition) is 0. The first-order valence-electron chi connectivity index (χ1n) is 2.38. The highest BCUT2D eigenvalue weighted by atomic mass is 35.5.